The molecule has 0 radical (unpaired) electrons. The van der Waals surface area contributed by atoms with Gasteiger partial charge in [0, 0.05) is 30.3 Å². The Morgan fingerprint density at radius 1 is 1.00 bits per heavy atom. The summed E-state index contributed by atoms with van der Waals surface area (Å²) in [6.45, 7) is 8.75. The average molecular weight is 452 g/mol. The van der Waals surface area contributed by atoms with E-state index in [0.29, 0.717) is 13.2 Å². The Hall–Kier alpha value is -2.70. The number of hydrogen-bond donors (Lipinski definition) is 2. The second kappa shape index (κ2) is 12.5. The van der Waals surface area contributed by atoms with Crippen LogP contribution in [-0.2, 0) is 14.3 Å². The van der Waals surface area contributed by atoms with Gasteiger partial charge in [0.15, 0.2) is 0 Å². The normalized spacial score (nSPS) is 15.9. The van der Waals surface area contributed by atoms with Gasteiger partial charge in [-0.15, -0.1) is 0 Å². The average Bonchev–Trinajstić information content (AvgIpc) is 2.84. The second-order valence-corrected chi connectivity index (χ2v) is 8.95. The minimum atomic E-state index is -0.258. The second-order valence-electron chi connectivity index (χ2n) is 8.95. The highest BCUT2D eigenvalue weighted by Crippen LogP contribution is 2.28. The van der Waals surface area contributed by atoms with E-state index in [1.165, 1.54) is 0 Å². The fourth-order valence-corrected chi connectivity index (χ4v) is 4.16. The predicted molar refractivity (Wildman–Crippen MR) is 133 cm³/mol. The van der Waals surface area contributed by atoms with Crippen molar-refractivity contribution < 1.29 is 14.3 Å². The van der Waals surface area contributed by atoms with Crippen molar-refractivity contribution in [2.24, 2.45) is 5.92 Å². The van der Waals surface area contributed by atoms with Gasteiger partial charge in [0.2, 0.25) is 11.8 Å². The Morgan fingerprint density at radius 3 is 2.36 bits per heavy atom. The molecule has 2 N–H and O–H groups in total. The molecule has 1 atom stereocenters. The molecule has 0 saturated carbocycles. The Morgan fingerprint density at radius 2 is 1.67 bits per heavy atom. The molecule has 0 spiro atoms. The molecule has 1 saturated heterocycles. The first-order valence-corrected chi connectivity index (χ1v) is 12.0. The molecule has 2 aromatic rings. The molecule has 1 aliphatic rings. The molecular weight excluding hydrogens is 414 g/mol. The third-order valence-electron chi connectivity index (χ3n) is 6.17. The number of para-hydroxylation sites is 1. The van der Waals surface area contributed by atoms with Crippen LogP contribution in [0.15, 0.2) is 54.6 Å². The molecule has 1 fully saturated rings. The number of nitrogens with one attached hydrogen (secondary N) is 2. The fraction of sp³-hybridized carbons (Fsp3) is 0.481. The molecule has 0 aromatic heterocycles. The number of carbonyl (C=O) groups excluding carboxylic acids is 2. The Balaban J connectivity index is 1.47. The zero-order valence-electron chi connectivity index (χ0n) is 20.0. The molecule has 0 aliphatic carbocycles. The molecule has 2 amide bonds. The van der Waals surface area contributed by atoms with Gasteiger partial charge in [-0.1, -0.05) is 48.5 Å². The van der Waals surface area contributed by atoms with Crippen molar-refractivity contribution in [3.63, 3.8) is 0 Å². The molecule has 6 heteroatoms. The molecule has 1 heterocycles. The molecule has 1 unspecified atom stereocenters. The largest absolute Gasteiger partial charge is 0.379 e. The lowest BCUT2D eigenvalue weighted by molar-refractivity contribution is -0.127. The van der Waals surface area contributed by atoms with Gasteiger partial charge in [0.25, 0.3) is 0 Å². The molecule has 3 rings (SSSR count). The van der Waals surface area contributed by atoms with E-state index in [1.807, 2.05) is 75.4 Å². The summed E-state index contributed by atoms with van der Waals surface area (Å²) in [4.78, 5) is 27.7. The van der Waals surface area contributed by atoms with Gasteiger partial charge in [-0.3, -0.25) is 14.5 Å². The summed E-state index contributed by atoms with van der Waals surface area (Å²) < 4.78 is 5.51. The highest BCUT2D eigenvalue weighted by Gasteiger charge is 2.29. The van der Waals surface area contributed by atoms with Crippen LogP contribution in [0, 0.1) is 5.92 Å². The summed E-state index contributed by atoms with van der Waals surface area (Å²) in [5.41, 5.74) is 2.90. The first-order valence-electron chi connectivity index (χ1n) is 12.0. The first-order chi connectivity index (χ1) is 16.0. The van der Waals surface area contributed by atoms with Crippen LogP contribution in [0.25, 0.3) is 11.1 Å². The lowest BCUT2D eigenvalue weighted by atomic mass is 9.95. The van der Waals surface area contributed by atoms with Gasteiger partial charge < -0.3 is 15.4 Å². The molecule has 33 heavy (non-hydrogen) atoms. The van der Waals surface area contributed by atoms with Gasteiger partial charge in [0.05, 0.1) is 12.1 Å². The minimum absolute atomic E-state index is 0.0151. The van der Waals surface area contributed by atoms with E-state index in [4.69, 9.17) is 4.74 Å². The fourth-order valence-electron chi connectivity index (χ4n) is 4.16. The first kappa shape index (κ1) is 24.9. The van der Waals surface area contributed by atoms with Crippen LogP contribution in [0.1, 0.15) is 40.0 Å². The van der Waals surface area contributed by atoms with Crippen LogP contribution in [0.3, 0.4) is 0 Å². The molecule has 1 aliphatic heterocycles. The van der Waals surface area contributed by atoms with Crippen molar-refractivity contribution in [3.8, 4) is 11.1 Å². The van der Waals surface area contributed by atoms with Crippen molar-refractivity contribution in [3.05, 3.63) is 54.6 Å². The quantitative estimate of drug-likeness (QED) is 0.528. The SMILES string of the molecule is CC(C)OCCCNC(=O)C1CCN(C(C)C(=O)Nc2ccccc2-c2ccccc2)CC1. The van der Waals surface area contributed by atoms with E-state index in [1.54, 1.807) is 0 Å². The van der Waals surface area contributed by atoms with E-state index in [2.05, 4.69) is 15.5 Å². The van der Waals surface area contributed by atoms with Gasteiger partial charge in [-0.05, 0) is 64.8 Å². The lowest BCUT2D eigenvalue weighted by Gasteiger charge is -2.34. The Kier molecular flexibility index (Phi) is 9.46. The van der Waals surface area contributed by atoms with Gasteiger partial charge in [-0.2, -0.15) is 0 Å². The number of benzene rings is 2. The topological polar surface area (TPSA) is 70.7 Å². The summed E-state index contributed by atoms with van der Waals surface area (Å²) in [6.07, 6.45) is 2.58. The number of hydrogen-bond acceptors (Lipinski definition) is 4. The number of amides is 2. The smallest absolute Gasteiger partial charge is 0.241 e. The summed E-state index contributed by atoms with van der Waals surface area (Å²) in [5.74, 6) is 0.112. The third kappa shape index (κ3) is 7.41. The number of piperidine rings is 1. The Bertz CT molecular complexity index is 892. The van der Waals surface area contributed by atoms with Crippen molar-refractivity contribution >= 4 is 17.5 Å². The third-order valence-corrected chi connectivity index (χ3v) is 6.17. The summed E-state index contributed by atoms with van der Waals surface area (Å²) in [5, 5.41) is 6.15. The van der Waals surface area contributed by atoms with Crippen LogP contribution >= 0.6 is 0 Å². The maximum Gasteiger partial charge on any atom is 0.241 e. The number of likely N-dealkylation sites (tertiary alicyclic amines) is 1. The zero-order chi connectivity index (χ0) is 23.6. The van der Waals surface area contributed by atoms with Gasteiger partial charge in [0.1, 0.15) is 0 Å². The highest BCUT2D eigenvalue weighted by molar-refractivity contribution is 5.98. The van der Waals surface area contributed by atoms with Crippen LogP contribution < -0.4 is 10.6 Å². The molecule has 178 valence electrons. The van der Waals surface area contributed by atoms with Crippen LogP contribution in [0.4, 0.5) is 5.69 Å². The summed E-state index contributed by atoms with van der Waals surface area (Å²) >= 11 is 0. The number of rotatable bonds is 10. The highest BCUT2D eigenvalue weighted by atomic mass is 16.5. The number of ether oxygens (including phenoxy) is 1. The van der Waals surface area contributed by atoms with Crippen molar-refractivity contribution in [2.45, 2.75) is 52.2 Å². The monoisotopic (exact) mass is 451 g/mol. The summed E-state index contributed by atoms with van der Waals surface area (Å²) in [6, 6.07) is 17.7. The Labute approximate surface area is 197 Å². The standard InChI is InChI=1S/C27H37N3O3/c1-20(2)33-19-9-16-28-27(32)23-14-17-30(18-15-23)21(3)26(31)29-25-13-8-7-12-24(25)22-10-5-4-6-11-22/h4-8,10-13,20-21,23H,9,14-19H2,1-3H3,(H,28,32)(H,29,31). The minimum Gasteiger partial charge on any atom is -0.379 e. The van der Waals surface area contributed by atoms with Crippen LogP contribution in [0.2, 0.25) is 0 Å². The molecule has 6 nitrogen and oxygen atoms in total. The van der Waals surface area contributed by atoms with Gasteiger partial charge in [-0.25, -0.2) is 0 Å². The van der Waals surface area contributed by atoms with Gasteiger partial charge >= 0.3 is 0 Å². The van der Waals surface area contributed by atoms with Crippen molar-refractivity contribution in [1.29, 1.82) is 0 Å². The summed E-state index contributed by atoms with van der Waals surface area (Å²) in [7, 11) is 0. The number of anilines is 1. The van der Waals surface area contributed by atoms with E-state index in [0.717, 1.165) is 49.2 Å². The zero-order valence-corrected chi connectivity index (χ0v) is 20.0. The maximum absolute atomic E-state index is 13.0. The van der Waals surface area contributed by atoms with E-state index < -0.39 is 0 Å². The number of nitrogens with zero attached hydrogens (tertiary/aromatic N) is 1. The van der Waals surface area contributed by atoms with E-state index in [-0.39, 0.29) is 29.9 Å². The van der Waals surface area contributed by atoms with Crippen molar-refractivity contribution in [1.82, 2.24) is 10.2 Å². The molecule has 0 bridgehead atoms. The predicted octanol–water partition coefficient (Wildman–Crippen LogP) is 4.32. The van der Waals surface area contributed by atoms with Crippen LogP contribution in [-0.4, -0.2) is 55.1 Å². The molecular formula is C27H37N3O3. The van der Waals surface area contributed by atoms with E-state index in [9.17, 15) is 9.59 Å². The lowest BCUT2D eigenvalue weighted by Crippen LogP contribution is -2.48. The number of carbonyl (C=O) groups is 2. The van der Waals surface area contributed by atoms with Crippen molar-refractivity contribution in [2.75, 3.05) is 31.6 Å². The van der Waals surface area contributed by atoms with Crippen LogP contribution in [0.5, 0.6) is 0 Å². The van der Waals surface area contributed by atoms with E-state index >= 15 is 0 Å². The molecule has 2 aromatic carbocycles. The maximum atomic E-state index is 13.0.